The van der Waals surface area contributed by atoms with Crippen LogP contribution in [0, 0.1) is 0 Å². The van der Waals surface area contributed by atoms with Crippen LogP contribution < -0.4 is 0 Å². The highest BCUT2D eigenvalue weighted by atomic mass is 79.9. The molecule has 0 rings (SSSR count). The van der Waals surface area contributed by atoms with Gasteiger partial charge in [-0.05, 0) is 25.5 Å². The van der Waals surface area contributed by atoms with Crippen LogP contribution in [0.5, 0.6) is 0 Å². The summed E-state index contributed by atoms with van der Waals surface area (Å²) < 4.78 is 4.96. The van der Waals surface area contributed by atoms with Gasteiger partial charge in [-0.1, -0.05) is 36.2 Å². The summed E-state index contributed by atoms with van der Waals surface area (Å²) in [7, 11) is 0. The van der Waals surface area contributed by atoms with Crippen molar-refractivity contribution in [2.45, 2.75) is 51.2 Å². The van der Waals surface area contributed by atoms with Gasteiger partial charge in [0.25, 0.3) is 0 Å². The molecule has 0 aromatic carbocycles. The van der Waals surface area contributed by atoms with Gasteiger partial charge in [0.2, 0.25) is 0 Å². The Morgan fingerprint density at radius 1 is 1.31 bits per heavy atom. The Kier molecular flexibility index (Phi) is 9.52. The first-order valence-corrected chi connectivity index (χ1v) is 7.98. The second kappa shape index (κ2) is 9.34. The zero-order valence-electron chi connectivity index (χ0n) is 10.6. The number of halogens is 1. The Bertz CT molecular complexity index is 195. The van der Waals surface area contributed by atoms with Gasteiger partial charge in [-0.3, -0.25) is 4.79 Å². The predicted molar refractivity (Wildman–Crippen MR) is 75.4 cm³/mol. The quantitative estimate of drug-likeness (QED) is 0.365. The first-order valence-electron chi connectivity index (χ1n) is 5.87. The van der Waals surface area contributed by atoms with E-state index in [1.807, 2.05) is 18.7 Å². The van der Waals surface area contributed by atoms with Gasteiger partial charge in [-0.15, -0.1) is 0 Å². The molecule has 0 aromatic heterocycles. The Balaban J connectivity index is 3.65. The fourth-order valence-corrected chi connectivity index (χ4v) is 2.85. The Morgan fingerprint density at radius 3 is 2.56 bits per heavy atom. The summed E-state index contributed by atoms with van der Waals surface area (Å²) in [5.41, 5.74) is 0. The van der Waals surface area contributed by atoms with E-state index in [0.29, 0.717) is 13.0 Å². The normalized spacial score (nSPS) is 11.5. The van der Waals surface area contributed by atoms with Crippen LogP contribution in [-0.2, 0) is 9.53 Å². The van der Waals surface area contributed by atoms with E-state index in [1.54, 1.807) is 0 Å². The van der Waals surface area contributed by atoms with Crippen molar-refractivity contribution in [1.82, 2.24) is 0 Å². The number of carbonyl (C=O) groups excluding carboxylic acids is 1. The third kappa shape index (κ3) is 9.52. The summed E-state index contributed by atoms with van der Waals surface area (Å²) in [6.07, 6.45) is 4.22. The van der Waals surface area contributed by atoms with Crippen LogP contribution in [0.1, 0.15) is 46.5 Å². The van der Waals surface area contributed by atoms with E-state index in [9.17, 15) is 4.79 Å². The van der Waals surface area contributed by atoms with Gasteiger partial charge in [-0.25, -0.2) is 0 Å². The summed E-state index contributed by atoms with van der Waals surface area (Å²) in [5, 5.41) is 1.09. The summed E-state index contributed by atoms with van der Waals surface area (Å²) >= 11 is 5.29. The lowest BCUT2D eigenvalue weighted by molar-refractivity contribution is -0.143. The van der Waals surface area contributed by atoms with Crippen molar-refractivity contribution in [1.29, 1.82) is 0 Å². The minimum Gasteiger partial charge on any atom is -0.466 e. The molecule has 0 heterocycles. The van der Waals surface area contributed by atoms with Gasteiger partial charge in [0, 0.05) is 10.1 Å². The van der Waals surface area contributed by atoms with E-state index in [4.69, 9.17) is 4.74 Å². The van der Waals surface area contributed by atoms with Crippen molar-refractivity contribution in [3.63, 3.8) is 0 Å². The molecule has 16 heavy (non-hydrogen) atoms. The molecule has 0 fully saturated rings. The summed E-state index contributed by atoms with van der Waals surface area (Å²) in [4.78, 5) is 11.4. The number of hydrogen-bond donors (Lipinski definition) is 0. The second-order valence-electron chi connectivity index (χ2n) is 4.34. The van der Waals surface area contributed by atoms with Crippen LogP contribution >= 0.6 is 27.7 Å². The van der Waals surface area contributed by atoms with Gasteiger partial charge in [0.15, 0.2) is 0 Å². The molecule has 0 aliphatic carbocycles. The van der Waals surface area contributed by atoms with Gasteiger partial charge >= 0.3 is 5.97 Å². The number of thioether (sulfide) groups is 1. The highest BCUT2D eigenvalue weighted by Crippen LogP contribution is 2.29. The Hall–Kier alpha value is 0.300. The average Bonchev–Trinajstić information content (AvgIpc) is 2.16. The summed E-state index contributed by atoms with van der Waals surface area (Å²) in [5.74, 6) is 1.04. The second-order valence-corrected chi connectivity index (χ2v) is 6.93. The molecule has 4 heteroatoms. The minimum atomic E-state index is -0.0829. The Labute approximate surface area is 112 Å². The molecule has 0 aliphatic heterocycles. The smallest absolute Gasteiger partial charge is 0.307 e. The maximum absolute atomic E-state index is 11.4. The van der Waals surface area contributed by atoms with Crippen LogP contribution in [0.4, 0.5) is 0 Å². The number of carbonyl (C=O) groups is 1. The number of hydrogen-bond acceptors (Lipinski definition) is 3. The molecule has 2 nitrogen and oxygen atoms in total. The molecular weight excluding hydrogens is 288 g/mol. The molecule has 0 atom stereocenters. The SMILES string of the molecule is CCOC(=O)CC(C)(C)SCCCCCBr. The van der Waals surface area contributed by atoms with Crippen molar-refractivity contribution in [3.05, 3.63) is 0 Å². The van der Waals surface area contributed by atoms with Crippen molar-refractivity contribution in [3.8, 4) is 0 Å². The van der Waals surface area contributed by atoms with Crippen LogP contribution in [0.3, 0.4) is 0 Å². The average molecular weight is 311 g/mol. The zero-order chi connectivity index (χ0) is 12.4. The standard InChI is InChI=1S/C12H23BrO2S/c1-4-15-11(14)10-12(2,3)16-9-7-5-6-8-13/h4-10H2,1-3H3. The highest BCUT2D eigenvalue weighted by molar-refractivity contribution is 9.09. The molecule has 0 saturated carbocycles. The van der Waals surface area contributed by atoms with Crippen molar-refractivity contribution < 1.29 is 9.53 Å². The van der Waals surface area contributed by atoms with E-state index in [0.717, 1.165) is 11.1 Å². The molecule has 0 unspecified atom stereocenters. The molecule has 0 spiro atoms. The van der Waals surface area contributed by atoms with Crippen LogP contribution in [-0.4, -0.2) is 28.4 Å². The lowest BCUT2D eigenvalue weighted by Crippen LogP contribution is -2.22. The molecule has 0 radical (unpaired) electrons. The van der Waals surface area contributed by atoms with Crippen molar-refractivity contribution >= 4 is 33.7 Å². The largest absolute Gasteiger partial charge is 0.466 e. The van der Waals surface area contributed by atoms with E-state index >= 15 is 0 Å². The third-order valence-corrected chi connectivity index (χ3v) is 4.13. The highest BCUT2D eigenvalue weighted by Gasteiger charge is 2.22. The molecular formula is C12H23BrO2S. The van der Waals surface area contributed by atoms with E-state index < -0.39 is 0 Å². The number of unbranched alkanes of at least 4 members (excludes halogenated alkanes) is 2. The topological polar surface area (TPSA) is 26.3 Å². The predicted octanol–water partition coefficient (Wildman–Crippen LogP) is 4.02. The number of esters is 1. The van der Waals surface area contributed by atoms with Gasteiger partial charge in [0.1, 0.15) is 0 Å². The fraction of sp³-hybridized carbons (Fsp3) is 0.917. The van der Waals surface area contributed by atoms with Crippen molar-refractivity contribution in [2.75, 3.05) is 17.7 Å². The monoisotopic (exact) mass is 310 g/mol. The number of ether oxygens (including phenoxy) is 1. The lowest BCUT2D eigenvalue weighted by atomic mass is 10.1. The summed E-state index contributed by atoms with van der Waals surface area (Å²) in [6.45, 7) is 6.54. The molecule has 0 aromatic rings. The molecule has 0 bridgehead atoms. The maximum atomic E-state index is 11.4. The first kappa shape index (κ1) is 16.3. The molecule has 96 valence electrons. The molecule has 0 N–H and O–H groups in total. The van der Waals surface area contributed by atoms with Gasteiger partial charge in [-0.2, -0.15) is 11.8 Å². The van der Waals surface area contributed by atoms with Gasteiger partial charge in [0.05, 0.1) is 13.0 Å². The maximum Gasteiger partial charge on any atom is 0.307 e. The fourth-order valence-electron chi connectivity index (χ4n) is 1.33. The minimum absolute atomic E-state index is 0.000650. The zero-order valence-corrected chi connectivity index (χ0v) is 13.0. The molecule has 0 aliphatic rings. The van der Waals surface area contributed by atoms with E-state index in [2.05, 4.69) is 29.8 Å². The van der Waals surface area contributed by atoms with Gasteiger partial charge < -0.3 is 4.74 Å². The summed E-state index contributed by atoms with van der Waals surface area (Å²) in [6, 6.07) is 0. The third-order valence-electron chi connectivity index (χ3n) is 2.15. The lowest BCUT2D eigenvalue weighted by Gasteiger charge is -2.22. The van der Waals surface area contributed by atoms with Crippen LogP contribution in [0.25, 0.3) is 0 Å². The Morgan fingerprint density at radius 2 is 2.00 bits per heavy atom. The van der Waals surface area contributed by atoms with E-state index in [1.165, 1.54) is 19.3 Å². The van der Waals surface area contributed by atoms with Crippen LogP contribution in [0.2, 0.25) is 0 Å². The molecule has 0 amide bonds. The number of alkyl halides is 1. The first-order chi connectivity index (χ1) is 7.52. The van der Waals surface area contributed by atoms with E-state index in [-0.39, 0.29) is 10.7 Å². The van der Waals surface area contributed by atoms with Crippen molar-refractivity contribution in [2.24, 2.45) is 0 Å². The molecule has 0 saturated heterocycles. The van der Waals surface area contributed by atoms with Crippen LogP contribution in [0.15, 0.2) is 0 Å². The number of rotatable bonds is 9.